The van der Waals surface area contributed by atoms with Crippen LogP contribution in [-0.2, 0) is 19.5 Å². The van der Waals surface area contributed by atoms with Gasteiger partial charge in [-0.2, -0.15) is 0 Å². The fourth-order valence-electron chi connectivity index (χ4n) is 4.91. The molecule has 0 aliphatic carbocycles. The number of hydrogen-bond donors (Lipinski definition) is 2. The Morgan fingerprint density at radius 1 is 0.971 bits per heavy atom. The van der Waals surface area contributed by atoms with Gasteiger partial charge < -0.3 is 20.2 Å². The summed E-state index contributed by atoms with van der Waals surface area (Å²) in [7, 11) is 0. The highest BCUT2D eigenvalue weighted by Gasteiger charge is 2.26. The molecule has 3 aliphatic heterocycles. The Morgan fingerprint density at radius 2 is 1.79 bits per heavy atom. The third-order valence-electron chi connectivity index (χ3n) is 6.85. The highest BCUT2D eigenvalue weighted by molar-refractivity contribution is 5.73. The van der Waals surface area contributed by atoms with E-state index in [-0.39, 0.29) is 0 Å². The van der Waals surface area contributed by atoms with Crippen molar-refractivity contribution in [1.82, 2.24) is 25.0 Å². The maximum atomic E-state index is 10.8. The second kappa shape index (κ2) is 9.87. The van der Waals surface area contributed by atoms with Gasteiger partial charge in [0, 0.05) is 69.5 Å². The summed E-state index contributed by atoms with van der Waals surface area (Å²) in [5.74, 6) is 0.979. The number of rotatable bonds is 7. The maximum Gasteiger partial charge on any atom is 0.0970 e. The van der Waals surface area contributed by atoms with Gasteiger partial charge in [0.15, 0.2) is 0 Å². The Labute approximate surface area is 202 Å². The quantitative estimate of drug-likeness (QED) is 0.669. The third kappa shape index (κ3) is 5.08. The van der Waals surface area contributed by atoms with Gasteiger partial charge in [-0.15, -0.1) is 0 Å². The van der Waals surface area contributed by atoms with E-state index in [4.69, 9.17) is 0 Å². The van der Waals surface area contributed by atoms with Gasteiger partial charge in [0.2, 0.25) is 0 Å². The van der Waals surface area contributed by atoms with E-state index in [9.17, 15) is 5.11 Å². The van der Waals surface area contributed by atoms with Crippen molar-refractivity contribution in [2.24, 2.45) is 0 Å². The molecule has 3 aliphatic rings. The number of hydrogen-bond acceptors (Lipinski definition) is 6. The summed E-state index contributed by atoms with van der Waals surface area (Å²) in [6.07, 6.45) is 8.50. The molecule has 0 radical (unpaired) electrons. The standard InChI is InChI=1S/C28H33N5O/c1-21-7-9-25(16-29-21)28-10-8-23(15-30-28)17-32-13-14-33(22(32)2)20-27(34)19-31-12-11-24-5-3-4-6-26(24)18-31/h3-10,15-16,27,29,34H,1-2,11-14,17-20H2/t27-/m1/s1. The molecule has 1 fully saturated rings. The second-order valence-corrected chi connectivity index (χ2v) is 9.35. The lowest BCUT2D eigenvalue weighted by molar-refractivity contribution is 0.0812. The number of dihydropyridines is 1. The number of allylic oxidation sites excluding steroid dienone is 3. The molecule has 4 heterocycles. The Hall–Kier alpha value is -3.35. The van der Waals surface area contributed by atoms with Gasteiger partial charge in [0.1, 0.15) is 0 Å². The van der Waals surface area contributed by atoms with E-state index in [1.807, 2.05) is 24.5 Å². The summed E-state index contributed by atoms with van der Waals surface area (Å²) in [4.78, 5) is 11.5. The SMILES string of the molecule is C=C1C=CC(c2ccc(CN3CCN(C[C@H](O)CN4CCc5ccccc5C4)C3=C)cn2)=CN1. The number of benzene rings is 1. The highest BCUT2D eigenvalue weighted by atomic mass is 16.3. The van der Waals surface area contributed by atoms with Crippen molar-refractivity contribution in [3.63, 3.8) is 0 Å². The van der Waals surface area contributed by atoms with Gasteiger partial charge in [-0.1, -0.05) is 43.5 Å². The Bertz CT molecular complexity index is 1120. The number of aromatic nitrogens is 1. The number of aliphatic hydroxyl groups is 1. The van der Waals surface area contributed by atoms with E-state index in [0.717, 1.165) is 67.5 Å². The molecule has 5 rings (SSSR count). The first-order chi connectivity index (χ1) is 16.5. The van der Waals surface area contributed by atoms with Crippen LogP contribution in [-0.4, -0.2) is 63.6 Å². The maximum absolute atomic E-state index is 10.8. The second-order valence-electron chi connectivity index (χ2n) is 9.35. The topological polar surface area (TPSA) is 54.9 Å². The van der Waals surface area contributed by atoms with E-state index in [2.05, 4.69) is 74.6 Å². The van der Waals surface area contributed by atoms with Crippen molar-refractivity contribution >= 4 is 5.57 Å². The van der Waals surface area contributed by atoms with Gasteiger partial charge in [-0.25, -0.2) is 0 Å². The minimum absolute atomic E-state index is 0.399. The highest BCUT2D eigenvalue weighted by Crippen LogP contribution is 2.23. The first-order valence-electron chi connectivity index (χ1n) is 12.0. The van der Waals surface area contributed by atoms with Crippen LogP contribution >= 0.6 is 0 Å². The molecule has 0 amide bonds. The summed E-state index contributed by atoms with van der Waals surface area (Å²) >= 11 is 0. The van der Waals surface area contributed by atoms with Crippen LogP contribution in [0.1, 0.15) is 22.4 Å². The average molecular weight is 456 g/mol. The molecule has 6 heteroatoms. The van der Waals surface area contributed by atoms with Crippen LogP contribution < -0.4 is 5.32 Å². The summed E-state index contributed by atoms with van der Waals surface area (Å²) in [5.41, 5.74) is 6.83. The number of nitrogens with one attached hydrogen (secondary N) is 1. The van der Waals surface area contributed by atoms with E-state index in [0.29, 0.717) is 13.1 Å². The summed E-state index contributed by atoms with van der Waals surface area (Å²) in [6, 6.07) is 12.8. The van der Waals surface area contributed by atoms with E-state index < -0.39 is 6.10 Å². The molecule has 1 aromatic carbocycles. The largest absolute Gasteiger partial charge is 0.390 e. The molecule has 1 atom stereocenters. The van der Waals surface area contributed by atoms with Gasteiger partial charge in [0.05, 0.1) is 17.6 Å². The van der Waals surface area contributed by atoms with Crippen LogP contribution in [0.25, 0.3) is 5.57 Å². The van der Waals surface area contributed by atoms with Crippen LogP contribution in [0.4, 0.5) is 0 Å². The molecule has 0 saturated carbocycles. The number of fused-ring (bicyclic) bond motifs is 1. The zero-order valence-corrected chi connectivity index (χ0v) is 19.7. The monoisotopic (exact) mass is 455 g/mol. The smallest absolute Gasteiger partial charge is 0.0970 e. The number of aliphatic hydroxyl groups excluding tert-OH is 1. The van der Waals surface area contributed by atoms with Gasteiger partial charge >= 0.3 is 0 Å². The molecule has 34 heavy (non-hydrogen) atoms. The average Bonchev–Trinajstić information content (AvgIpc) is 3.18. The van der Waals surface area contributed by atoms with Crippen LogP contribution in [0.15, 0.2) is 85.6 Å². The number of nitrogens with zero attached hydrogens (tertiary/aromatic N) is 4. The van der Waals surface area contributed by atoms with Crippen molar-refractivity contribution in [2.45, 2.75) is 25.6 Å². The lowest BCUT2D eigenvalue weighted by atomic mass is 10.00. The van der Waals surface area contributed by atoms with E-state index >= 15 is 0 Å². The fourth-order valence-corrected chi connectivity index (χ4v) is 4.91. The summed E-state index contributed by atoms with van der Waals surface area (Å²) in [5, 5.41) is 13.9. The normalized spacial score (nSPS) is 19.1. The van der Waals surface area contributed by atoms with Gasteiger partial charge in [0.25, 0.3) is 0 Å². The zero-order valence-electron chi connectivity index (χ0n) is 19.7. The van der Waals surface area contributed by atoms with Crippen LogP contribution in [0.3, 0.4) is 0 Å². The summed E-state index contributed by atoms with van der Waals surface area (Å²) < 4.78 is 0. The zero-order chi connectivity index (χ0) is 23.5. The minimum atomic E-state index is -0.399. The van der Waals surface area contributed by atoms with Crippen molar-refractivity contribution in [3.8, 4) is 0 Å². The molecule has 1 saturated heterocycles. The molecule has 0 unspecified atom stereocenters. The summed E-state index contributed by atoms with van der Waals surface area (Å²) in [6.45, 7) is 14.0. The van der Waals surface area contributed by atoms with Crippen LogP contribution in [0, 0.1) is 0 Å². The first kappa shape index (κ1) is 22.4. The third-order valence-corrected chi connectivity index (χ3v) is 6.85. The molecular formula is C28H33N5O. The molecule has 2 aromatic rings. The predicted octanol–water partition coefficient (Wildman–Crippen LogP) is 3.10. The lowest BCUT2D eigenvalue weighted by Crippen LogP contribution is -2.41. The van der Waals surface area contributed by atoms with Crippen molar-refractivity contribution in [3.05, 3.63) is 108 Å². The van der Waals surface area contributed by atoms with E-state index in [1.54, 1.807) is 0 Å². The van der Waals surface area contributed by atoms with Crippen LogP contribution in [0.5, 0.6) is 0 Å². The molecule has 0 bridgehead atoms. The Morgan fingerprint density at radius 3 is 2.56 bits per heavy atom. The van der Waals surface area contributed by atoms with Crippen LogP contribution in [0.2, 0.25) is 0 Å². The molecular weight excluding hydrogens is 422 g/mol. The van der Waals surface area contributed by atoms with E-state index in [1.165, 1.54) is 11.1 Å². The van der Waals surface area contributed by atoms with Crippen molar-refractivity contribution in [1.29, 1.82) is 0 Å². The fraction of sp³-hybridized carbons (Fsp3) is 0.321. The molecule has 1 aromatic heterocycles. The Balaban J connectivity index is 1.11. The van der Waals surface area contributed by atoms with Crippen molar-refractivity contribution < 1.29 is 5.11 Å². The van der Waals surface area contributed by atoms with Gasteiger partial charge in [-0.3, -0.25) is 9.88 Å². The Kier molecular flexibility index (Phi) is 6.52. The van der Waals surface area contributed by atoms with Crippen molar-refractivity contribution in [2.75, 3.05) is 32.7 Å². The number of pyridine rings is 1. The first-order valence-corrected chi connectivity index (χ1v) is 12.0. The number of β-amino-alcohol motifs (C(OH)–C–C–N with tert-alkyl or cyclic N) is 1. The molecule has 0 spiro atoms. The minimum Gasteiger partial charge on any atom is -0.390 e. The molecule has 2 N–H and O–H groups in total. The predicted molar refractivity (Wildman–Crippen MR) is 136 cm³/mol. The molecule has 176 valence electrons. The van der Waals surface area contributed by atoms with Gasteiger partial charge in [-0.05, 0) is 41.3 Å². The lowest BCUT2D eigenvalue weighted by Gasteiger charge is -2.32. The molecule has 6 nitrogen and oxygen atoms in total.